The number of nitrogens with one attached hydrogen (secondary N) is 2. The summed E-state index contributed by atoms with van der Waals surface area (Å²) in [7, 11) is 0. The molecule has 1 aromatic carbocycles. The van der Waals surface area contributed by atoms with Crippen LogP contribution in [0.3, 0.4) is 0 Å². The smallest absolute Gasteiger partial charge is 0.251 e. The van der Waals surface area contributed by atoms with Crippen molar-refractivity contribution in [2.75, 3.05) is 18.5 Å². The van der Waals surface area contributed by atoms with Crippen LogP contribution >= 0.6 is 0 Å². The normalized spacial score (nSPS) is 35.7. The van der Waals surface area contributed by atoms with Crippen LogP contribution in [0.15, 0.2) is 24.3 Å². The van der Waals surface area contributed by atoms with Gasteiger partial charge >= 0.3 is 0 Å². The third-order valence-corrected chi connectivity index (χ3v) is 7.44. The minimum absolute atomic E-state index is 0.0885. The van der Waals surface area contributed by atoms with Gasteiger partial charge in [0.25, 0.3) is 5.91 Å². The van der Waals surface area contributed by atoms with Crippen LogP contribution in [0.2, 0.25) is 0 Å². The lowest BCUT2D eigenvalue weighted by Gasteiger charge is -2.55. The van der Waals surface area contributed by atoms with E-state index in [0.717, 1.165) is 62.2 Å². The zero-order valence-electron chi connectivity index (χ0n) is 16.4. The maximum absolute atomic E-state index is 13.1. The Morgan fingerprint density at radius 1 is 1.00 bits per heavy atom. The Kier molecular flexibility index (Phi) is 4.66. The van der Waals surface area contributed by atoms with Gasteiger partial charge in [-0.1, -0.05) is 0 Å². The van der Waals surface area contributed by atoms with Crippen molar-refractivity contribution in [2.45, 2.75) is 57.5 Å². The maximum atomic E-state index is 13.1. The summed E-state index contributed by atoms with van der Waals surface area (Å²) in [5.74, 6) is 2.38. The molecule has 1 unspecified atom stereocenters. The molecule has 1 saturated heterocycles. The van der Waals surface area contributed by atoms with Gasteiger partial charge in [0.15, 0.2) is 0 Å². The second-order valence-corrected chi connectivity index (χ2v) is 9.57. The number of anilines is 1. The van der Waals surface area contributed by atoms with Crippen molar-refractivity contribution in [2.24, 2.45) is 23.2 Å². The molecule has 2 amide bonds. The van der Waals surface area contributed by atoms with E-state index in [-0.39, 0.29) is 23.3 Å². The van der Waals surface area contributed by atoms with Gasteiger partial charge in [0.2, 0.25) is 5.91 Å². The zero-order valence-corrected chi connectivity index (χ0v) is 16.4. The molecule has 6 rings (SSSR count). The number of carbonyl (C=O) groups excluding carboxylic acids is 2. The van der Waals surface area contributed by atoms with E-state index in [1.807, 2.05) is 12.1 Å². The van der Waals surface area contributed by atoms with Gasteiger partial charge in [0.05, 0.1) is 11.5 Å². The van der Waals surface area contributed by atoms with Gasteiger partial charge in [0, 0.05) is 24.4 Å². The van der Waals surface area contributed by atoms with Gasteiger partial charge < -0.3 is 15.4 Å². The Morgan fingerprint density at radius 2 is 1.64 bits per heavy atom. The summed E-state index contributed by atoms with van der Waals surface area (Å²) in [6, 6.07) is 7.28. The Bertz CT molecular complexity index is 716. The van der Waals surface area contributed by atoms with E-state index >= 15 is 0 Å². The second-order valence-electron chi connectivity index (χ2n) is 9.57. The number of ether oxygens (including phenoxy) is 1. The van der Waals surface area contributed by atoms with Crippen LogP contribution < -0.4 is 10.6 Å². The van der Waals surface area contributed by atoms with Crippen molar-refractivity contribution in [1.82, 2.24) is 5.32 Å². The van der Waals surface area contributed by atoms with Crippen molar-refractivity contribution in [3.63, 3.8) is 0 Å². The second kappa shape index (κ2) is 7.18. The monoisotopic (exact) mass is 382 g/mol. The third kappa shape index (κ3) is 3.45. The molecule has 4 bridgehead atoms. The van der Waals surface area contributed by atoms with Crippen LogP contribution in [0.5, 0.6) is 0 Å². The molecule has 4 aliphatic carbocycles. The quantitative estimate of drug-likeness (QED) is 0.815. The average molecular weight is 383 g/mol. The van der Waals surface area contributed by atoms with E-state index in [9.17, 15) is 9.59 Å². The molecule has 0 spiro atoms. The van der Waals surface area contributed by atoms with Crippen LogP contribution in [-0.4, -0.2) is 31.1 Å². The van der Waals surface area contributed by atoms with Gasteiger partial charge in [-0.2, -0.15) is 0 Å². The van der Waals surface area contributed by atoms with Gasteiger partial charge in [-0.15, -0.1) is 0 Å². The molecular formula is C23H30N2O3. The van der Waals surface area contributed by atoms with Crippen LogP contribution in [0.25, 0.3) is 0 Å². The molecule has 5 fully saturated rings. The minimum Gasteiger partial charge on any atom is -0.376 e. The van der Waals surface area contributed by atoms with Crippen molar-refractivity contribution >= 4 is 17.5 Å². The highest BCUT2D eigenvalue weighted by molar-refractivity contribution is 5.97. The summed E-state index contributed by atoms with van der Waals surface area (Å²) < 4.78 is 5.54. The van der Waals surface area contributed by atoms with E-state index in [1.165, 1.54) is 19.3 Å². The zero-order chi connectivity index (χ0) is 19.1. The lowest BCUT2D eigenvalue weighted by Crippen LogP contribution is -2.51. The largest absolute Gasteiger partial charge is 0.376 e. The molecule has 1 heterocycles. The summed E-state index contributed by atoms with van der Waals surface area (Å²) in [5.41, 5.74) is 1.26. The Labute approximate surface area is 166 Å². The highest BCUT2D eigenvalue weighted by Crippen LogP contribution is 2.60. The number of hydrogen-bond acceptors (Lipinski definition) is 3. The first-order chi connectivity index (χ1) is 13.6. The molecule has 150 valence electrons. The molecule has 1 aliphatic heterocycles. The van der Waals surface area contributed by atoms with Gasteiger partial charge in [-0.25, -0.2) is 0 Å². The van der Waals surface area contributed by atoms with Crippen LogP contribution in [0.1, 0.15) is 61.7 Å². The van der Waals surface area contributed by atoms with Crippen molar-refractivity contribution in [1.29, 1.82) is 0 Å². The number of rotatable bonds is 5. The molecule has 1 aromatic rings. The Balaban J connectivity index is 1.19. The average Bonchev–Trinajstić information content (AvgIpc) is 3.19. The Hall–Kier alpha value is -1.88. The van der Waals surface area contributed by atoms with E-state index in [1.54, 1.807) is 12.1 Å². The number of benzene rings is 1. The molecular weight excluding hydrogens is 352 g/mol. The van der Waals surface area contributed by atoms with Crippen LogP contribution in [0, 0.1) is 23.2 Å². The SMILES string of the molecule is O=C(NCC1CCCO1)c1ccc(NC(=O)C23CC4CC(CC(C4)C2)C3)cc1. The number of carbonyl (C=O) groups is 2. The number of amides is 2. The highest BCUT2D eigenvalue weighted by Gasteiger charge is 2.54. The van der Waals surface area contributed by atoms with Crippen LogP contribution in [0.4, 0.5) is 5.69 Å². The lowest BCUT2D eigenvalue weighted by molar-refractivity contribution is -0.140. The standard InChI is InChI=1S/C23H30N2O3/c26-21(24-14-20-2-1-7-28-20)18-3-5-19(6-4-18)25-22(27)23-11-15-8-16(12-23)10-17(9-15)13-23/h3-6,15-17,20H,1-2,7-14H2,(H,24,26)(H,25,27). The van der Waals surface area contributed by atoms with Crippen molar-refractivity contribution in [3.05, 3.63) is 29.8 Å². The molecule has 0 aromatic heterocycles. The summed E-state index contributed by atoms with van der Waals surface area (Å²) >= 11 is 0. The molecule has 5 heteroatoms. The van der Waals surface area contributed by atoms with Gasteiger partial charge in [-0.05, 0) is 93.4 Å². The minimum atomic E-state index is -0.147. The molecule has 1 atom stereocenters. The maximum Gasteiger partial charge on any atom is 0.251 e. The molecule has 5 aliphatic rings. The molecule has 5 nitrogen and oxygen atoms in total. The fourth-order valence-corrected chi connectivity index (χ4v) is 6.47. The van der Waals surface area contributed by atoms with Gasteiger partial charge in [-0.3, -0.25) is 9.59 Å². The first kappa shape index (κ1) is 18.2. The molecule has 0 radical (unpaired) electrons. The van der Waals surface area contributed by atoms with Crippen molar-refractivity contribution in [3.8, 4) is 0 Å². The van der Waals surface area contributed by atoms with E-state index < -0.39 is 0 Å². The Morgan fingerprint density at radius 3 is 2.21 bits per heavy atom. The van der Waals surface area contributed by atoms with E-state index in [0.29, 0.717) is 12.1 Å². The first-order valence-electron chi connectivity index (χ1n) is 10.9. The first-order valence-corrected chi connectivity index (χ1v) is 10.9. The number of hydrogen-bond donors (Lipinski definition) is 2. The summed E-state index contributed by atoms with van der Waals surface area (Å²) in [6.07, 6.45) is 9.42. The topological polar surface area (TPSA) is 67.4 Å². The highest BCUT2D eigenvalue weighted by atomic mass is 16.5. The van der Waals surface area contributed by atoms with E-state index in [2.05, 4.69) is 10.6 Å². The lowest BCUT2D eigenvalue weighted by atomic mass is 9.49. The molecule has 28 heavy (non-hydrogen) atoms. The molecule has 2 N–H and O–H groups in total. The van der Waals surface area contributed by atoms with Crippen molar-refractivity contribution < 1.29 is 14.3 Å². The predicted octanol–water partition coefficient (Wildman–Crippen LogP) is 3.75. The molecule has 4 saturated carbocycles. The van der Waals surface area contributed by atoms with Gasteiger partial charge in [0.1, 0.15) is 0 Å². The van der Waals surface area contributed by atoms with E-state index in [4.69, 9.17) is 4.74 Å². The fourth-order valence-electron chi connectivity index (χ4n) is 6.47. The fraction of sp³-hybridized carbons (Fsp3) is 0.652. The third-order valence-electron chi connectivity index (χ3n) is 7.44. The summed E-state index contributed by atoms with van der Waals surface area (Å²) in [5, 5.41) is 6.09. The van der Waals surface area contributed by atoms with Crippen LogP contribution in [-0.2, 0) is 9.53 Å². The summed E-state index contributed by atoms with van der Waals surface area (Å²) in [6.45, 7) is 1.35. The predicted molar refractivity (Wildman–Crippen MR) is 107 cm³/mol. The summed E-state index contributed by atoms with van der Waals surface area (Å²) in [4.78, 5) is 25.4.